The zero-order valence-electron chi connectivity index (χ0n) is 15.7. The Morgan fingerprint density at radius 1 is 1.07 bits per heavy atom. The van der Waals surface area contributed by atoms with Crippen LogP contribution in [-0.4, -0.2) is 35.6 Å². The zero-order valence-corrected chi connectivity index (χ0v) is 15.7. The van der Waals surface area contributed by atoms with Gasteiger partial charge in [-0.2, -0.15) is 13.2 Å². The molecule has 0 unspecified atom stereocenters. The van der Waals surface area contributed by atoms with E-state index in [2.05, 4.69) is 51.4 Å². The molecule has 0 radical (unpaired) electrons. The Bertz CT molecular complexity index is 751. The van der Waals surface area contributed by atoms with Gasteiger partial charge in [-0.25, -0.2) is 9.97 Å². The maximum Gasteiger partial charge on any atom is 0.433 e. The van der Waals surface area contributed by atoms with Crippen LogP contribution in [0.25, 0.3) is 0 Å². The molecule has 4 nitrogen and oxygen atoms in total. The van der Waals surface area contributed by atoms with Crippen LogP contribution < -0.4 is 10.2 Å². The highest BCUT2D eigenvalue weighted by Gasteiger charge is 2.33. The van der Waals surface area contributed by atoms with Gasteiger partial charge in [-0.3, -0.25) is 0 Å². The first kappa shape index (κ1) is 19.6. The number of piperidine rings is 1. The third kappa shape index (κ3) is 5.42. The summed E-state index contributed by atoms with van der Waals surface area (Å²) in [5, 5.41) is 3.44. The molecular weight excluding hydrogens is 353 g/mol. The molecule has 2 aromatic rings. The van der Waals surface area contributed by atoms with Crippen LogP contribution in [0.15, 0.2) is 30.3 Å². The van der Waals surface area contributed by atoms with Crippen molar-refractivity contribution in [3.63, 3.8) is 0 Å². The second kappa shape index (κ2) is 8.25. The topological polar surface area (TPSA) is 41.0 Å². The fourth-order valence-corrected chi connectivity index (χ4v) is 3.37. The third-order valence-electron chi connectivity index (χ3n) is 4.87. The van der Waals surface area contributed by atoms with Crippen LogP contribution in [0, 0.1) is 13.8 Å². The summed E-state index contributed by atoms with van der Waals surface area (Å²) in [5.74, 6) is 0.243. The molecule has 3 rings (SSSR count). The predicted octanol–water partition coefficient (Wildman–Crippen LogP) is 3.91. The van der Waals surface area contributed by atoms with E-state index in [9.17, 15) is 13.2 Å². The molecule has 1 aromatic carbocycles. The molecular formula is C20H25F3N4. The van der Waals surface area contributed by atoms with Crippen LogP contribution >= 0.6 is 0 Å². The minimum Gasteiger partial charge on any atom is -0.371 e. The minimum absolute atomic E-state index is 0.243. The minimum atomic E-state index is -4.43. The summed E-state index contributed by atoms with van der Waals surface area (Å²) in [6.45, 7) is 6.17. The summed E-state index contributed by atoms with van der Waals surface area (Å²) in [6, 6.07) is 9.90. The number of hydrogen-bond donors (Lipinski definition) is 1. The molecule has 7 heteroatoms. The average Bonchev–Trinajstić information content (AvgIpc) is 2.62. The van der Waals surface area contributed by atoms with Crippen LogP contribution in [0.3, 0.4) is 0 Å². The van der Waals surface area contributed by atoms with Crippen molar-refractivity contribution in [2.24, 2.45) is 0 Å². The fourth-order valence-electron chi connectivity index (χ4n) is 3.37. The van der Waals surface area contributed by atoms with E-state index >= 15 is 0 Å². The van der Waals surface area contributed by atoms with E-state index in [1.165, 1.54) is 11.3 Å². The third-order valence-corrected chi connectivity index (χ3v) is 4.87. The van der Waals surface area contributed by atoms with E-state index in [0.29, 0.717) is 24.7 Å². The first-order chi connectivity index (χ1) is 12.8. The number of alkyl halides is 3. The maximum atomic E-state index is 12.8. The van der Waals surface area contributed by atoms with E-state index in [4.69, 9.17) is 0 Å². The summed E-state index contributed by atoms with van der Waals surface area (Å²) < 4.78 is 38.5. The van der Waals surface area contributed by atoms with Gasteiger partial charge in [0.1, 0.15) is 11.5 Å². The average molecular weight is 378 g/mol. The Morgan fingerprint density at radius 2 is 1.74 bits per heavy atom. The second-order valence-corrected chi connectivity index (χ2v) is 7.11. The lowest BCUT2D eigenvalue weighted by Crippen LogP contribution is -2.43. The molecule has 1 N–H and O–H groups in total. The molecule has 146 valence electrons. The second-order valence-electron chi connectivity index (χ2n) is 7.11. The molecule has 27 heavy (non-hydrogen) atoms. The molecule has 1 saturated heterocycles. The molecule has 1 fully saturated rings. The standard InChI is InChI=1S/C20H25F3N4/c1-14-3-5-17(6-4-14)27-11-8-16(9-12-27)24-10-7-19-25-15(2)13-18(26-19)20(21,22)23/h3-6,13,16,24H,7-12H2,1-2H3. The van der Waals surface area contributed by atoms with Gasteiger partial charge in [0.05, 0.1) is 0 Å². The van der Waals surface area contributed by atoms with Crippen molar-refractivity contribution in [1.29, 1.82) is 0 Å². The molecule has 1 aliphatic rings. The van der Waals surface area contributed by atoms with Crippen LogP contribution in [-0.2, 0) is 12.6 Å². The molecule has 0 aliphatic carbocycles. The Kier molecular flexibility index (Phi) is 5.99. The molecule has 2 heterocycles. The van der Waals surface area contributed by atoms with Crippen LogP contribution in [0.1, 0.15) is 35.6 Å². The first-order valence-corrected chi connectivity index (χ1v) is 9.28. The predicted molar refractivity (Wildman–Crippen MR) is 99.9 cm³/mol. The molecule has 0 saturated carbocycles. The van der Waals surface area contributed by atoms with Gasteiger partial charge in [0.15, 0.2) is 0 Å². The summed E-state index contributed by atoms with van der Waals surface area (Å²) in [7, 11) is 0. The van der Waals surface area contributed by atoms with E-state index in [-0.39, 0.29) is 5.82 Å². The highest BCUT2D eigenvalue weighted by Crippen LogP contribution is 2.27. The normalized spacial score (nSPS) is 16.0. The number of aromatic nitrogens is 2. The highest BCUT2D eigenvalue weighted by molar-refractivity contribution is 5.47. The lowest BCUT2D eigenvalue weighted by molar-refractivity contribution is -0.141. The van der Waals surface area contributed by atoms with Gasteiger partial charge in [-0.15, -0.1) is 0 Å². The zero-order chi connectivity index (χ0) is 19.4. The number of rotatable bonds is 5. The number of aryl methyl sites for hydroxylation is 2. The molecule has 1 aromatic heterocycles. The van der Waals surface area contributed by atoms with Crippen LogP contribution in [0.2, 0.25) is 0 Å². The highest BCUT2D eigenvalue weighted by atomic mass is 19.4. The van der Waals surface area contributed by atoms with Gasteiger partial charge in [0.25, 0.3) is 0 Å². The molecule has 0 spiro atoms. The Balaban J connectivity index is 1.47. The van der Waals surface area contributed by atoms with Crippen molar-refractivity contribution in [2.75, 3.05) is 24.5 Å². The van der Waals surface area contributed by atoms with Crippen molar-refractivity contribution in [2.45, 2.75) is 45.3 Å². The fraction of sp³-hybridized carbons (Fsp3) is 0.500. The first-order valence-electron chi connectivity index (χ1n) is 9.28. The lowest BCUT2D eigenvalue weighted by atomic mass is 10.0. The van der Waals surface area contributed by atoms with Crippen molar-refractivity contribution < 1.29 is 13.2 Å². The van der Waals surface area contributed by atoms with Gasteiger partial charge in [0.2, 0.25) is 0 Å². The number of benzene rings is 1. The lowest BCUT2D eigenvalue weighted by Gasteiger charge is -2.34. The Labute approximate surface area is 157 Å². The summed E-state index contributed by atoms with van der Waals surface area (Å²) in [6.07, 6.45) is -2.02. The molecule has 0 bridgehead atoms. The van der Waals surface area contributed by atoms with Gasteiger partial charge >= 0.3 is 6.18 Å². The smallest absolute Gasteiger partial charge is 0.371 e. The van der Waals surface area contributed by atoms with Crippen molar-refractivity contribution in [3.05, 3.63) is 53.1 Å². The summed E-state index contributed by atoms with van der Waals surface area (Å²) in [4.78, 5) is 10.2. The largest absolute Gasteiger partial charge is 0.433 e. The van der Waals surface area contributed by atoms with Crippen LogP contribution in [0.4, 0.5) is 18.9 Å². The van der Waals surface area contributed by atoms with Crippen molar-refractivity contribution >= 4 is 5.69 Å². The summed E-state index contributed by atoms with van der Waals surface area (Å²) in [5.41, 5.74) is 1.98. The van der Waals surface area contributed by atoms with Crippen molar-refractivity contribution in [3.8, 4) is 0 Å². The quantitative estimate of drug-likeness (QED) is 0.856. The summed E-state index contributed by atoms with van der Waals surface area (Å²) >= 11 is 0. The van der Waals surface area contributed by atoms with Gasteiger partial charge in [-0.1, -0.05) is 17.7 Å². The van der Waals surface area contributed by atoms with Gasteiger partial charge in [0, 0.05) is 43.5 Å². The number of anilines is 1. The van der Waals surface area contributed by atoms with E-state index in [1.807, 2.05) is 0 Å². The maximum absolute atomic E-state index is 12.8. The molecule has 1 aliphatic heterocycles. The van der Waals surface area contributed by atoms with Crippen LogP contribution in [0.5, 0.6) is 0 Å². The van der Waals surface area contributed by atoms with Crippen molar-refractivity contribution in [1.82, 2.24) is 15.3 Å². The monoisotopic (exact) mass is 378 g/mol. The van der Waals surface area contributed by atoms with Gasteiger partial charge in [-0.05, 0) is 44.9 Å². The van der Waals surface area contributed by atoms with E-state index < -0.39 is 11.9 Å². The number of nitrogens with one attached hydrogen (secondary N) is 1. The Hall–Kier alpha value is -2.15. The molecule has 0 amide bonds. The van der Waals surface area contributed by atoms with E-state index in [0.717, 1.165) is 32.0 Å². The molecule has 0 atom stereocenters. The number of halogens is 3. The SMILES string of the molecule is Cc1ccc(N2CCC(NCCc3nc(C)cc(C(F)(F)F)n3)CC2)cc1. The van der Waals surface area contributed by atoms with E-state index in [1.54, 1.807) is 6.92 Å². The van der Waals surface area contributed by atoms with Gasteiger partial charge < -0.3 is 10.2 Å². The number of hydrogen-bond acceptors (Lipinski definition) is 4. The Morgan fingerprint density at radius 3 is 2.37 bits per heavy atom. The number of nitrogens with zero attached hydrogens (tertiary/aromatic N) is 3.